The molecule has 0 radical (unpaired) electrons. The Labute approximate surface area is 157 Å². The predicted octanol–water partition coefficient (Wildman–Crippen LogP) is 3.50. The Hall–Kier alpha value is -2.88. The molecule has 2 N–H and O–H groups in total. The number of carbonyl (C=O) groups is 1. The van der Waals surface area contributed by atoms with Gasteiger partial charge in [-0.2, -0.15) is 5.26 Å². The third-order valence-electron chi connectivity index (χ3n) is 6.24. The first-order valence-corrected chi connectivity index (χ1v) is 9.40. The highest BCUT2D eigenvalue weighted by Crippen LogP contribution is 2.55. The number of nitrogens with zero attached hydrogens (tertiary/aromatic N) is 2. The fourth-order valence-electron chi connectivity index (χ4n) is 5.56. The number of nitro groups is 1. The molecule has 4 aliphatic rings. The van der Waals surface area contributed by atoms with Crippen molar-refractivity contribution in [3.05, 3.63) is 46.2 Å². The van der Waals surface area contributed by atoms with Gasteiger partial charge in [-0.1, -0.05) is 6.07 Å². The lowest BCUT2D eigenvalue weighted by atomic mass is 9.53. The van der Waals surface area contributed by atoms with Gasteiger partial charge < -0.3 is 10.6 Å². The van der Waals surface area contributed by atoms with Gasteiger partial charge in [0.25, 0.3) is 11.6 Å². The number of nitrogens with one attached hydrogen (secondary N) is 2. The number of amides is 1. The van der Waals surface area contributed by atoms with Crippen molar-refractivity contribution in [2.45, 2.75) is 44.1 Å². The Bertz CT molecular complexity index is 820. The van der Waals surface area contributed by atoms with Crippen LogP contribution in [0.25, 0.3) is 0 Å². The number of non-ortho nitro benzene ring substituents is 1. The topological polar surface area (TPSA) is 108 Å². The number of rotatable bonds is 5. The molecule has 7 heteroatoms. The van der Waals surface area contributed by atoms with Crippen LogP contribution in [0, 0.1) is 39.2 Å². The first-order valence-electron chi connectivity index (χ1n) is 9.40. The summed E-state index contributed by atoms with van der Waals surface area (Å²) < 4.78 is 0. The van der Waals surface area contributed by atoms with Crippen molar-refractivity contribution in [1.29, 1.82) is 5.26 Å². The summed E-state index contributed by atoms with van der Waals surface area (Å²) in [6, 6.07) is 7.63. The summed E-state index contributed by atoms with van der Waals surface area (Å²) in [6.45, 7) is 0. The molecule has 0 aromatic heterocycles. The average Bonchev–Trinajstić information content (AvgIpc) is 2.61. The van der Waals surface area contributed by atoms with Crippen molar-refractivity contribution < 1.29 is 9.72 Å². The second-order valence-corrected chi connectivity index (χ2v) is 8.27. The van der Waals surface area contributed by atoms with Gasteiger partial charge in [-0.15, -0.1) is 0 Å². The van der Waals surface area contributed by atoms with E-state index < -0.39 is 10.8 Å². The van der Waals surface area contributed by atoms with E-state index >= 15 is 0 Å². The molecule has 27 heavy (non-hydrogen) atoms. The summed E-state index contributed by atoms with van der Waals surface area (Å²) in [5.74, 6) is 1.74. The van der Waals surface area contributed by atoms with Crippen molar-refractivity contribution >= 4 is 17.3 Å². The normalized spacial score (nSPS) is 31.2. The maximum atomic E-state index is 12.4. The van der Waals surface area contributed by atoms with Crippen LogP contribution in [0.4, 0.5) is 11.4 Å². The number of benzene rings is 1. The van der Waals surface area contributed by atoms with Crippen LogP contribution in [-0.2, 0) is 4.79 Å². The molecule has 1 aromatic rings. The maximum absolute atomic E-state index is 12.4. The third-order valence-corrected chi connectivity index (χ3v) is 6.24. The average molecular weight is 366 g/mol. The zero-order valence-corrected chi connectivity index (χ0v) is 15.0. The maximum Gasteiger partial charge on any atom is 0.271 e. The summed E-state index contributed by atoms with van der Waals surface area (Å²) in [5.41, 5.74) is 0.187. The van der Waals surface area contributed by atoms with Crippen molar-refractivity contribution in [1.82, 2.24) is 5.32 Å². The molecule has 0 spiro atoms. The molecule has 0 unspecified atom stereocenters. The number of carbonyl (C=O) groups excluding carboxylic acids is 1. The van der Waals surface area contributed by atoms with Gasteiger partial charge in [-0.05, 0) is 62.3 Å². The summed E-state index contributed by atoms with van der Waals surface area (Å²) in [5, 5.41) is 26.3. The van der Waals surface area contributed by atoms with Gasteiger partial charge in [-0.3, -0.25) is 14.9 Å². The second-order valence-electron chi connectivity index (χ2n) is 8.27. The van der Waals surface area contributed by atoms with Crippen LogP contribution in [0.3, 0.4) is 0 Å². The van der Waals surface area contributed by atoms with Gasteiger partial charge in [-0.25, -0.2) is 0 Å². The lowest BCUT2D eigenvalue weighted by molar-refractivity contribution is -0.384. The highest BCUT2D eigenvalue weighted by Gasteiger charge is 2.50. The first kappa shape index (κ1) is 17.5. The van der Waals surface area contributed by atoms with Gasteiger partial charge in [0, 0.05) is 29.6 Å². The molecule has 140 valence electrons. The Morgan fingerprint density at radius 3 is 2.41 bits per heavy atom. The fraction of sp³-hybridized carbons (Fsp3) is 0.500. The van der Waals surface area contributed by atoms with Crippen LogP contribution in [0.2, 0.25) is 0 Å². The van der Waals surface area contributed by atoms with E-state index in [2.05, 4.69) is 10.6 Å². The SMILES string of the molecule is N#C/C(=C/NC12CC3CC(CC(C3)C1)C2)C(=O)Nc1cccc([N+](=O)[O-])c1. The second kappa shape index (κ2) is 6.69. The molecule has 0 atom stereocenters. The summed E-state index contributed by atoms with van der Waals surface area (Å²) in [6.07, 6.45) is 8.84. The zero-order chi connectivity index (χ0) is 19.0. The molecule has 4 bridgehead atoms. The van der Waals surface area contributed by atoms with Crippen LogP contribution in [0.15, 0.2) is 36.0 Å². The van der Waals surface area contributed by atoms with Crippen LogP contribution in [0.5, 0.6) is 0 Å². The van der Waals surface area contributed by atoms with E-state index in [-0.39, 0.29) is 16.8 Å². The number of nitriles is 1. The van der Waals surface area contributed by atoms with Gasteiger partial charge in [0.2, 0.25) is 0 Å². The minimum absolute atomic E-state index is 0.0164. The molecule has 0 saturated heterocycles. The van der Waals surface area contributed by atoms with Gasteiger partial charge in [0.1, 0.15) is 11.6 Å². The fourth-order valence-corrected chi connectivity index (χ4v) is 5.56. The van der Waals surface area contributed by atoms with Gasteiger partial charge in [0.05, 0.1) is 4.92 Å². The van der Waals surface area contributed by atoms with E-state index in [0.29, 0.717) is 5.69 Å². The molecule has 4 saturated carbocycles. The number of anilines is 1. The lowest BCUT2D eigenvalue weighted by Crippen LogP contribution is -2.57. The molecule has 5 rings (SSSR count). The molecule has 0 heterocycles. The van der Waals surface area contributed by atoms with Crippen LogP contribution >= 0.6 is 0 Å². The van der Waals surface area contributed by atoms with Crippen LogP contribution < -0.4 is 10.6 Å². The van der Waals surface area contributed by atoms with Gasteiger partial charge >= 0.3 is 0 Å². The minimum Gasteiger partial charge on any atom is -0.384 e. The number of hydrogen-bond donors (Lipinski definition) is 2. The van der Waals surface area contributed by atoms with Crippen molar-refractivity contribution in [3.63, 3.8) is 0 Å². The van der Waals surface area contributed by atoms with Gasteiger partial charge in [0.15, 0.2) is 0 Å². The van der Waals surface area contributed by atoms with E-state index in [1.54, 1.807) is 12.3 Å². The molecule has 7 nitrogen and oxygen atoms in total. The molecule has 1 amide bonds. The summed E-state index contributed by atoms with van der Waals surface area (Å²) in [4.78, 5) is 22.8. The van der Waals surface area contributed by atoms with Crippen LogP contribution in [0.1, 0.15) is 38.5 Å². The van der Waals surface area contributed by atoms with E-state index in [1.165, 1.54) is 37.5 Å². The van der Waals surface area contributed by atoms with Crippen molar-refractivity contribution in [3.8, 4) is 6.07 Å². The molecular formula is C20H22N4O3. The highest BCUT2D eigenvalue weighted by molar-refractivity contribution is 6.06. The van der Waals surface area contributed by atoms with E-state index in [4.69, 9.17) is 0 Å². The minimum atomic E-state index is -0.560. The quantitative estimate of drug-likeness (QED) is 0.359. The Morgan fingerprint density at radius 1 is 1.22 bits per heavy atom. The van der Waals surface area contributed by atoms with Crippen molar-refractivity contribution in [2.75, 3.05) is 5.32 Å². The van der Waals surface area contributed by atoms with Crippen molar-refractivity contribution in [2.24, 2.45) is 17.8 Å². The van der Waals surface area contributed by atoms with E-state index in [0.717, 1.165) is 37.0 Å². The lowest BCUT2D eigenvalue weighted by Gasteiger charge is -2.56. The Balaban J connectivity index is 1.46. The predicted molar refractivity (Wildman–Crippen MR) is 99.5 cm³/mol. The Kier molecular flexibility index (Phi) is 4.34. The molecule has 4 aliphatic carbocycles. The van der Waals surface area contributed by atoms with Crippen LogP contribution in [-0.4, -0.2) is 16.4 Å². The molecule has 0 aliphatic heterocycles. The molecule has 1 aromatic carbocycles. The number of nitro benzene ring substituents is 1. The third kappa shape index (κ3) is 3.52. The first-order chi connectivity index (χ1) is 13.0. The van der Waals surface area contributed by atoms with E-state index in [1.807, 2.05) is 6.07 Å². The monoisotopic (exact) mass is 366 g/mol. The standard InChI is InChI=1S/C20H22N4O3/c21-11-16(19(25)23-17-2-1-3-18(7-17)24(26)27)12-22-20-8-13-4-14(9-20)6-15(5-13)10-20/h1-3,7,12-15,22H,4-6,8-10H2,(H,23,25)/b16-12-. The largest absolute Gasteiger partial charge is 0.384 e. The zero-order valence-electron chi connectivity index (χ0n) is 15.0. The summed E-state index contributed by atoms with van der Waals surface area (Å²) >= 11 is 0. The molecular weight excluding hydrogens is 344 g/mol. The van der Waals surface area contributed by atoms with E-state index in [9.17, 15) is 20.2 Å². The smallest absolute Gasteiger partial charge is 0.271 e. The summed E-state index contributed by atoms with van der Waals surface area (Å²) in [7, 11) is 0. The highest BCUT2D eigenvalue weighted by atomic mass is 16.6. The number of hydrogen-bond acceptors (Lipinski definition) is 5. The Morgan fingerprint density at radius 2 is 1.85 bits per heavy atom. The molecule has 4 fully saturated rings.